The number of nitrogens with two attached hydrogens (primary N) is 1. The maximum Gasteiger partial charge on any atom is 0.421 e. The molecule has 7 heteroatoms. The molecule has 1 aromatic carbocycles. The lowest BCUT2D eigenvalue weighted by atomic mass is 10.1. The molecule has 2 aromatic heterocycles. The standard InChI is InChI=1S/C13H9F3N4/c14-13(15,16)9-7-18-20-10(6-11(17)19-12(9)20)8-4-2-1-3-5-8/h1-7H,(H2,17,19). The first-order valence-corrected chi connectivity index (χ1v) is 5.73. The van der Waals surface area contributed by atoms with Crippen LogP contribution in [0.5, 0.6) is 0 Å². The van der Waals surface area contributed by atoms with Crippen LogP contribution in [-0.2, 0) is 6.18 Å². The smallest absolute Gasteiger partial charge is 0.384 e. The fourth-order valence-corrected chi connectivity index (χ4v) is 2.00. The molecule has 0 aliphatic rings. The Morgan fingerprint density at radius 1 is 1.10 bits per heavy atom. The fourth-order valence-electron chi connectivity index (χ4n) is 2.00. The molecule has 3 rings (SSSR count). The lowest BCUT2D eigenvalue weighted by molar-refractivity contribution is -0.136. The van der Waals surface area contributed by atoms with Crippen molar-refractivity contribution in [2.24, 2.45) is 0 Å². The monoisotopic (exact) mass is 278 g/mol. The number of hydrogen-bond acceptors (Lipinski definition) is 3. The van der Waals surface area contributed by atoms with E-state index in [0.717, 1.165) is 10.7 Å². The topological polar surface area (TPSA) is 56.2 Å². The predicted molar refractivity (Wildman–Crippen MR) is 67.8 cm³/mol. The number of rotatable bonds is 1. The third kappa shape index (κ3) is 1.97. The van der Waals surface area contributed by atoms with E-state index in [0.29, 0.717) is 11.3 Å². The number of alkyl halides is 3. The molecule has 0 amide bonds. The number of fused-ring (bicyclic) bond motifs is 1. The molecule has 0 spiro atoms. The molecule has 102 valence electrons. The van der Waals surface area contributed by atoms with E-state index in [1.807, 2.05) is 6.07 Å². The van der Waals surface area contributed by atoms with E-state index in [2.05, 4.69) is 10.1 Å². The summed E-state index contributed by atoms with van der Waals surface area (Å²) in [6, 6.07) is 10.4. The van der Waals surface area contributed by atoms with Crippen LogP contribution in [0.15, 0.2) is 42.6 Å². The van der Waals surface area contributed by atoms with Gasteiger partial charge in [0.25, 0.3) is 0 Å². The van der Waals surface area contributed by atoms with Crippen molar-refractivity contribution in [3.63, 3.8) is 0 Å². The Balaban J connectivity index is 2.32. The molecule has 20 heavy (non-hydrogen) atoms. The van der Waals surface area contributed by atoms with Gasteiger partial charge in [0, 0.05) is 11.6 Å². The van der Waals surface area contributed by atoms with Gasteiger partial charge >= 0.3 is 6.18 Å². The summed E-state index contributed by atoms with van der Waals surface area (Å²) in [5.41, 5.74) is 5.59. The Morgan fingerprint density at radius 2 is 1.80 bits per heavy atom. The van der Waals surface area contributed by atoms with E-state index in [1.165, 1.54) is 6.07 Å². The molecule has 3 aromatic rings. The van der Waals surface area contributed by atoms with Gasteiger partial charge in [0.05, 0.1) is 11.9 Å². The van der Waals surface area contributed by atoms with Gasteiger partial charge in [-0.25, -0.2) is 9.50 Å². The molecule has 0 unspecified atom stereocenters. The summed E-state index contributed by atoms with van der Waals surface area (Å²) >= 11 is 0. The van der Waals surface area contributed by atoms with Crippen molar-refractivity contribution in [2.45, 2.75) is 6.18 Å². The zero-order chi connectivity index (χ0) is 14.3. The van der Waals surface area contributed by atoms with Crippen LogP contribution >= 0.6 is 0 Å². The maximum atomic E-state index is 12.9. The zero-order valence-corrected chi connectivity index (χ0v) is 10.1. The van der Waals surface area contributed by atoms with Crippen molar-refractivity contribution < 1.29 is 13.2 Å². The highest BCUT2D eigenvalue weighted by Crippen LogP contribution is 2.33. The first-order chi connectivity index (χ1) is 9.47. The summed E-state index contributed by atoms with van der Waals surface area (Å²) in [4.78, 5) is 3.75. The molecular formula is C13H9F3N4. The summed E-state index contributed by atoms with van der Waals surface area (Å²) in [5, 5.41) is 3.78. The molecule has 4 nitrogen and oxygen atoms in total. The van der Waals surface area contributed by atoms with Crippen LogP contribution in [0.3, 0.4) is 0 Å². The zero-order valence-electron chi connectivity index (χ0n) is 10.1. The largest absolute Gasteiger partial charge is 0.421 e. The fraction of sp³-hybridized carbons (Fsp3) is 0.0769. The number of nitrogen functional groups attached to an aromatic ring is 1. The molecule has 0 saturated carbocycles. The van der Waals surface area contributed by atoms with Crippen LogP contribution in [0, 0.1) is 0 Å². The minimum absolute atomic E-state index is 0.0161. The highest BCUT2D eigenvalue weighted by Gasteiger charge is 2.35. The maximum absolute atomic E-state index is 12.9. The van der Waals surface area contributed by atoms with Crippen LogP contribution in [0.4, 0.5) is 19.0 Å². The van der Waals surface area contributed by atoms with Crippen LogP contribution < -0.4 is 5.73 Å². The van der Waals surface area contributed by atoms with Gasteiger partial charge in [-0.3, -0.25) is 0 Å². The van der Waals surface area contributed by atoms with Crippen molar-refractivity contribution >= 4 is 11.5 Å². The van der Waals surface area contributed by atoms with Crippen molar-refractivity contribution in [3.8, 4) is 11.3 Å². The average Bonchev–Trinajstić information content (AvgIpc) is 2.82. The molecule has 0 radical (unpaired) electrons. The van der Waals surface area contributed by atoms with Crippen molar-refractivity contribution in [3.05, 3.63) is 48.2 Å². The second-order valence-electron chi connectivity index (χ2n) is 4.22. The Bertz CT molecular complexity index is 762. The second-order valence-corrected chi connectivity index (χ2v) is 4.22. The predicted octanol–water partition coefficient (Wildman–Crippen LogP) is 3.00. The van der Waals surface area contributed by atoms with E-state index < -0.39 is 11.7 Å². The van der Waals surface area contributed by atoms with Crippen molar-refractivity contribution in [1.82, 2.24) is 14.6 Å². The van der Waals surface area contributed by atoms with Gasteiger partial charge < -0.3 is 5.73 Å². The summed E-state index contributed by atoms with van der Waals surface area (Å²) in [6.45, 7) is 0. The van der Waals surface area contributed by atoms with Crippen LogP contribution in [0.2, 0.25) is 0 Å². The quantitative estimate of drug-likeness (QED) is 0.744. The Hall–Kier alpha value is -2.57. The van der Waals surface area contributed by atoms with Gasteiger partial charge in [-0.1, -0.05) is 30.3 Å². The first kappa shape index (κ1) is 12.5. The molecule has 0 saturated heterocycles. The van der Waals surface area contributed by atoms with Crippen LogP contribution in [0.1, 0.15) is 5.56 Å². The van der Waals surface area contributed by atoms with E-state index in [4.69, 9.17) is 5.73 Å². The van der Waals surface area contributed by atoms with Gasteiger partial charge in [0.2, 0.25) is 0 Å². The number of anilines is 1. The Kier molecular flexibility index (Phi) is 2.63. The highest BCUT2D eigenvalue weighted by atomic mass is 19.4. The summed E-state index contributed by atoms with van der Waals surface area (Å²) in [7, 11) is 0. The minimum atomic E-state index is -4.52. The Morgan fingerprint density at radius 3 is 2.45 bits per heavy atom. The summed E-state index contributed by atoms with van der Waals surface area (Å²) in [6.07, 6.45) is -3.76. The lowest BCUT2D eigenvalue weighted by Crippen LogP contribution is -2.07. The van der Waals surface area contributed by atoms with Gasteiger partial charge in [0.1, 0.15) is 11.4 Å². The van der Waals surface area contributed by atoms with Gasteiger partial charge in [0.15, 0.2) is 5.65 Å². The molecule has 0 aliphatic heterocycles. The molecule has 0 aliphatic carbocycles. The summed E-state index contributed by atoms with van der Waals surface area (Å²) in [5.74, 6) is 0.0161. The molecular weight excluding hydrogens is 269 g/mol. The number of nitrogens with zero attached hydrogens (tertiary/aromatic N) is 3. The van der Waals surface area contributed by atoms with Crippen molar-refractivity contribution in [2.75, 3.05) is 5.73 Å². The highest BCUT2D eigenvalue weighted by molar-refractivity contribution is 5.67. The number of aromatic nitrogens is 3. The van der Waals surface area contributed by atoms with Crippen LogP contribution in [0.25, 0.3) is 16.9 Å². The molecule has 0 fully saturated rings. The average molecular weight is 278 g/mol. The number of benzene rings is 1. The molecule has 2 heterocycles. The second kappa shape index (κ2) is 4.22. The summed E-state index contributed by atoms with van der Waals surface area (Å²) < 4.78 is 39.8. The van der Waals surface area contributed by atoms with E-state index >= 15 is 0 Å². The van der Waals surface area contributed by atoms with Gasteiger partial charge in [-0.15, -0.1) is 0 Å². The molecule has 0 bridgehead atoms. The van der Waals surface area contributed by atoms with Gasteiger partial charge in [-0.2, -0.15) is 18.3 Å². The van der Waals surface area contributed by atoms with E-state index in [9.17, 15) is 13.2 Å². The normalized spacial score (nSPS) is 11.9. The third-order valence-corrected chi connectivity index (χ3v) is 2.87. The molecule has 2 N–H and O–H groups in total. The van der Waals surface area contributed by atoms with E-state index in [-0.39, 0.29) is 11.5 Å². The third-order valence-electron chi connectivity index (χ3n) is 2.87. The number of hydrogen-bond donors (Lipinski definition) is 1. The number of halogens is 3. The SMILES string of the molecule is Nc1cc(-c2ccccc2)n2ncc(C(F)(F)F)c2n1. The molecule has 0 atom stereocenters. The lowest BCUT2D eigenvalue weighted by Gasteiger charge is -2.08. The Labute approximate surface area is 111 Å². The first-order valence-electron chi connectivity index (χ1n) is 5.73. The van der Waals surface area contributed by atoms with Crippen LogP contribution in [-0.4, -0.2) is 14.6 Å². The van der Waals surface area contributed by atoms with E-state index in [1.54, 1.807) is 24.3 Å². The van der Waals surface area contributed by atoms with Gasteiger partial charge in [-0.05, 0) is 0 Å². The van der Waals surface area contributed by atoms with Crippen molar-refractivity contribution in [1.29, 1.82) is 0 Å². The minimum Gasteiger partial charge on any atom is -0.384 e.